The molecule has 5 nitrogen and oxygen atoms in total. The molecule has 7 heteroatoms. The topological polar surface area (TPSA) is 63.2 Å². The fraction of sp³-hybridized carbons (Fsp3) is 0.625. The molecule has 23 heavy (non-hydrogen) atoms. The Morgan fingerprint density at radius 3 is 2.96 bits per heavy atom. The van der Waals surface area contributed by atoms with Crippen LogP contribution in [0.3, 0.4) is 0 Å². The number of alkyl halides is 1. The maximum absolute atomic E-state index is 11.8. The Labute approximate surface area is 147 Å². The second kappa shape index (κ2) is 9.96. The number of amides is 1. The lowest BCUT2D eigenvalue weighted by Gasteiger charge is -2.27. The summed E-state index contributed by atoms with van der Waals surface area (Å²) in [6, 6.07) is 2.25. The predicted octanol–water partition coefficient (Wildman–Crippen LogP) is 2.89. The summed E-state index contributed by atoms with van der Waals surface area (Å²) < 4.78 is 5.70. The van der Waals surface area contributed by atoms with Gasteiger partial charge in [-0.2, -0.15) is 0 Å². The minimum absolute atomic E-state index is 0.0145. The van der Waals surface area contributed by atoms with Crippen molar-refractivity contribution in [2.45, 2.75) is 44.7 Å². The van der Waals surface area contributed by atoms with Gasteiger partial charge in [-0.05, 0) is 31.9 Å². The van der Waals surface area contributed by atoms with Gasteiger partial charge in [0.1, 0.15) is 17.5 Å². The summed E-state index contributed by atoms with van der Waals surface area (Å²) in [5.41, 5.74) is 0.764. The van der Waals surface area contributed by atoms with Crippen LogP contribution in [-0.2, 0) is 11.3 Å². The van der Waals surface area contributed by atoms with E-state index in [4.69, 9.17) is 27.9 Å². The number of nitrogens with zero attached hydrogens (tertiary/aromatic N) is 1. The summed E-state index contributed by atoms with van der Waals surface area (Å²) in [6.45, 7) is 2.03. The van der Waals surface area contributed by atoms with Crippen molar-refractivity contribution < 1.29 is 9.53 Å². The number of ether oxygens (including phenoxy) is 1. The molecule has 1 amide bonds. The Bertz CT molecular complexity index is 510. The molecule has 1 aromatic heterocycles. The fourth-order valence-corrected chi connectivity index (χ4v) is 2.56. The van der Waals surface area contributed by atoms with Crippen molar-refractivity contribution in [1.82, 2.24) is 15.6 Å². The van der Waals surface area contributed by atoms with Crippen LogP contribution in [0.4, 0.5) is 0 Å². The van der Waals surface area contributed by atoms with Gasteiger partial charge in [-0.25, -0.2) is 4.98 Å². The normalized spacial score (nSPS) is 16.7. The molecule has 1 saturated heterocycles. The van der Waals surface area contributed by atoms with Crippen LogP contribution >= 0.6 is 23.2 Å². The number of nitrogens with one attached hydrogen (secondary N) is 2. The molecular weight excluding hydrogens is 337 g/mol. The number of pyridine rings is 1. The average molecular weight is 360 g/mol. The maximum atomic E-state index is 11.8. The molecule has 128 valence electrons. The Morgan fingerprint density at radius 1 is 1.43 bits per heavy atom. The molecular formula is C16H23Cl2N3O2. The number of rotatable bonds is 10. The lowest BCUT2D eigenvalue weighted by atomic mass is 10.1. The summed E-state index contributed by atoms with van der Waals surface area (Å²) in [6.07, 6.45) is 6.01. The smallest absolute Gasteiger partial charge is 0.220 e. The first-order valence-electron chi connectivity index (χ1n) is 8.02. The zero-order valence-corrected chi connectivity index (χ0v) is 14.6. The van der Waals surface area contributed by atoms with Crippen molar-refractivity contribution in [3.63, 3.8) is 0 Å². The standard InChI is InChI=1S/C16H23Cl2N3O2/c17-6-3-1-2-4-15(22)20-9-12-8-14(10-21-16(12)18)23-11-13-5-7-19-13/h8,10,13,19H,1-7,9,11H2,(H,20,22)/t13-/m0/s1. The largest absolute Gasteiger partial charge is 0.490 e. The van der Waals surface area contributed by atoms with Gasteiger partial charge in [0.05, 0.1) is 6.20 Å². The Hall–Kier alpha value is -1.04. The monoisotopic (exact) mass is 359 g/mol. The summed E-state index contributed by atoms with van der Waals surface area (Å²) in [4.78, 5) is 15.9. The third-order valence-electron chi connectivity index (χ3n) is 3.78. The third-order valence-corrected chi connectivity index (χ3v) is 4.38. The highest BCUT2D eigenvalue weighted by Crippen LogP contribution is 2.20. The first kappa shape index (κ1) is 18.3. The molecule has 0 aliphatic carbocycles. The fourth-order valence-electron chi connectivity index (χ4n) is 2.20. The molecule has 1 aliphatic heterocycles. The zero-order chi connectivity index (χ0) is 16.5. The highest BCUT2D eigenvalue weighted by molar-refractivity contribution is 6.30. The Morgan fingerprint density at radius 2 is 2.26 bits per heavy atom. The molecule has 2 rings (SSSR count). The second-order valence-electron chi connectivity index (χ2n) is 5.65. The van der Waals surface area contributed by atoms with Crippen LogP contribution in [0.5, 0.6) is 5.75 Å². The molecule has 0 unspecified atom stereocenters. The molecule has 0 saturated carbocycles. The van der Waals surface area contributed by atoms with Gasteiger partial charge in [0.15, 0.2) is 0 Å². The molecule has 2 N–H and O–H groups in total. The molecule has 1 aliphatic rings. The van der Waals surface area contributed by atoms with Crippen molar-refractivity contribution in [2.24, 2.45) is 0 Å². The van der Waals surface area contributed by atoms with E-state index in [0.29, 0.717) is 42.4 Å². The zero-order valence-electron chi connectivity index (χ0n) is 13.1. The van der Waals surface area contributed by atoms with Crippen molar-refractivity contribution >= 4 is 29.1 Å². The van der Waals surface area contributed by atoms with Crippen molar-refractivity contribution in [3.8, 4) is 5.75 Å². The van der Waals surface area contributed by atoms with Crippen LogP contribution in [0, 0.1) is 0 Å². The third kappa shape index (κ3) is 6.53. The van der Waals surface area contributed by atoms with Crippen molar-refractivity contribution in [2.75, 3.05) is 19.0 Å². The number of carbonyl (C=O) groups is 1. The van der Waals surface area contributed by atoms with Crippen LogP contribution < -0.4 is 15.4 Å². The Kier molecular flexibility index (Phi) is 7.92. The highest BCUT2D eigenvalue weighted by Gasteiger charge is 2.17. The summed E-state index contributed by atoms with van der Waals surface area (Å²) >= 11 is 11.7. The molecule has 1 aromatic rings. The molecule has 1 fully saturated rings. The van der Waals surface area contributed by atoms with Crippen molar-refractivity contribution in [3.05, 3.63) is 23.0 Å². The van der Waals surface area contributed by atoms with E-state index < -0.39 is 0 Å². The summed E-state index contributed by atoms with van der Waals surface area (Å²) in [7, 11) is 0. The number of unbranched alkanes of at least 4 members (excludes halogenated alkanes) is 2. The maximum Gasteiger partial charge on any atom is 0.220 e. The van der Waals surface area contributed by atoms with E-state index in [1.54, 1.807) is 6.20 Å². The van der Waals surface area contributed by atoms with Gasteiger partial charge in [-0.3, -0.25) is 4.79 Å². The molecule has 0 aromatic carbocycles. The van der Waals surface area contributed by atoms with Gasteiger partial charge < -0.3 is 15.4 Å². The summed E-state index contributed by atoms with van der Waals surface area (Å²) in [5, 5.41) is 6.53. The number of hydrogen-bond donors (Lipinski definition) is 2. The second-order valence-corrected chi connectivity index (χ2v) is 6.38. The molecule has 0 bridgehead atoms. The van der Waals surface area contributed by atoms with Crippen LogP contribution in [0.2, 0.25) is 5.15 Å². The van der Waals surface area contributed by atoms with Crippen LogP contribution in [0.1, 0.15) is 37.7 Å². The number of carbonyl (C=O) groups excluding carboxylic acids is 1. The molecule has 2 heterocycles. The highest BCUT2D eigenvalue weighted by atomic mass is 35.5. The lowest BCUT2D eigenvalue weighted by Crippen LogP contribution is -2.46. The van der Waals surface area contributed by atoms with E-state index >= 15 is 0 Å². The van der Waals surface area contributed by atoms with Crippen LogP contribution in [0.25, 0.3) is 0 Å². The van der Waals surface area contributed by atoms with Crippen LogP contribution in [0.15, 0.2) is 12.3 Å². The van der Waals surface area contributed by atoms with Gasteiger partial charge in [-0.15, -0.1) is 11.6 Å². The van der Waals surface area contributed by atoms with Gasteiger partial charge >= 0.3 is 0 Å². The van der Waals surface area contributed by atoms with E-state index in [1.165, 1.54) is 0 Å². The van der Waals surface area contributed by atoms with Gasteiger partial charge in [-0.1, -0.05) is 18.0 Å². The van der Waals surface area contributed by atoms with Crippen molar-refractivity contribution in [1.29, 1.82) is 0 Å². The number of aromatic nitrogens is 1. The SMILES string of the molecule is O=C(CCCCCCl)NCc1cc(OC[C@@H]2CCN2)cnc1Cl. The van der Waals surface area contributed by atoms with Gasteiger partial charge in [0, 0.05) is 30.5 Å². The van der Waals surface area contributed by atoms with E-state index in [0.717, 1.165) is 37.8 Å². The van der Waals surface area contributed by atoms with Crippen LogP contribution in [-0.4, -0.2) is 36.0 Å². The predicted molar refractivity (Wildman–Crippen MR) is 92.2 cm³/mol. The molecule has 0 radical (unpaired) electrons. The Balaban J connectivity index is 1.75. The molecule has 1 atom stereocenters. The minimum atomic E-state index is 0.0145. The van der Waals surface area contributed by atoms with E-state index in [9.17, 15) is 4.79 Å². The quantitative estimate of drug-likeness (QED) is 0.383. The minimum Gasteiger partial charge on any atom is -0.490 e. The first-order chi connectivity index (χ1) is 11.2. The number of halogens is 2. The van der Waals surface area contributed by atoms with E-state index in [2.05, 4.69) is 15.6 Å². The first-order valence-corrected chi connectivity index (χ1v) is 8.93. The summed E-state index contributed by atoms with van der Waals surface area (Å²) in [5.74, 6) is 1.33. The van der Waals surface area contributed by atoms with Gasteiger partial charge in [0.25, 0.3) is 0 Å². The average Bonchev–Trinajstić information content (AvgIpc) is 2.50. The van der Waals surface area contributed by atoms with E-state index in [1.807, 2.05) is 6.07 Å². The lowest BCUT2D eigenvalue weighted by molar-refractivity contribution is -0.121. The van der Waals surface area contributed by atoms with Gasteiger partial charge in [0.2, 0.25) is 5.91 Å². The number of hydrogen-bond acceptors (Lipinski definition) is 4. The van der Waals surface area contributed by atoms with E-state index in [-0.39, 0.29) is 5.91 Å². The molecule has 0 spiro atoms.